The molecule has 3 aromatic rings. The number of aryl methyl sites for hydroxylation is 2. The van der Waals surface area contributed by atoms with Crippen LogP contribution >= 0.6 is 24.0 Å². The van der Waals surface area contributed by atoms with Crippen molar-refractivity contribution >= 4 is 35.8 Å². The molecule has 0 unspecified atom stereocenters. The van der Waals surface area contributed by atoms with E-state index in [1.54, 1.807) is 38.4 Å². The Balaban J connectivity index is 0.00000385. The van der Waals surface area contributed by atoms with Crippen LogP contribution in [-0.4, -0.2) is 48.9 Å². The number of guanidine groups is 1. The summed E-state index contributed by atoms with van der Waals surface area (Å²) >= 11 is 0. The number of halogens is 1. The molecule has 0 fully saturated rings. The number of hydrogen-bond acceptors (Lipinski definition) is 4. The Kier molecular flexibility index (Phi) is 10.2. The standard InChI is InChI=1S/C24H30N6O2.HI/c1-17-14-18(2)30(29-17)22-11-6-5-8-20(22)16-28-24(25-3)27-13-12-26-23(31)19-9-7-10-21(15-19)32-4;/h5-11,14-15H,12-13,16H2,1-4H3,(H,26,31)(H2,25,27,28);1H. The lowest BCUT2D eigenvalue weighted by Gasteiger charge is -2.15. The molecule has 0 spiro atoms. The molecule has 0 aliphatic carbocycles. The second-order valence-electron chi connectivity index (χ2n) is 7.31. The minimum atomic E-state index is -0.146. The third-order valence-electron chi connectivity index (χ3n) is 4.93. The van der Waals surface area contributed by atoms with Crippen molar-refractivity contribution in [3.05, 3.63) is 77.1 Å². The summed E-state index contributed by atoms with van der Waals surface area (Å²) < 4.78 is 7.12. The minimum absolute atomic E-state index is 0. The van der Waals surface area contributed by atoms with E-state index in [0.29, 0.717) is 36.9 Å². The van der Waals surface area contributed by atoms with Crippen LogP contribution in [0.4, 0.5) is 0 Å². The van der Waals surface area contributed by atoms with Gasteiger partial charge in [0.2, 0.25) is 0 Å². The zero-order valence-electron chi connectivity index (χ0n) is 19.4. The Hall–Kier alpha value is -3.08. The zero-order valence-corrected chi connectivity index (χ0v) is 21.7. The molecule has 1 aromatic heterocycles. The monoisotopic (exact) mass is 562 g/mol. The molecule has 0 saturated carbocycles. The largest absolute Gasteiger partial charge is 0.497 e. The molecule has 0 aliphatic rings. The van der Waals surface area contributed by atoms with Crippen molar-refractivity contribution in [3.63, 3.8) is 0 Å². The number of carbonyl (C=O) groups excluding carboxylic acids is 1. The maximum atomic E-state index is 12.3. The first-order valence-corrected chi connectivity index (χ1v) is 10.5. The van der Waals surface area contributed by atoms with Gasteiger partial charge in [-0.2, -0.15) is 5.10 Å². The first kappa shape index (κ1) is 26.2. The molecule has 9 heteroatoms. The van der Waals surface area contributed by atoms with Gasteiger partial charge in [-0.1, -0.05) is 24.3 Å². The summed E-state index contributed by atoms with van der Waals surface area (Å²) in [4.78, 5) is 16.6. The molecule has 3 N–H and O–H groups in total. The Morgan fingerprint density at radius 2 is 1.79 bits per heavy atom. The molecule has 1 heterocycles. The fourth-order valence-corrected chi connectivity index (χ4v) is 3.36. The van der Waals surface area contributed by atoms with Crippen LogP contribution < -0.4 is 20.7 Å². The Labute approximate surface area is 211 Å². The number of methoxy groups -OCH3 is 1. The van der Waals surface area contributed by atoms with E-state index in [1.165, 1.54) is 0 Å². The van der Waals surface area contributed by atoms with Gasteiger partial charge >= 0.3 is 0 Å². The fourth-order valence-electron chi connectivity index (χ4n) is 3.36. The predicted molar refractivity (Wildman–Crippen MR) is 142 cm³/mol. The highest BCUT2D eigenvalue weighted by Gasteiger charge is 2.10. The lowest BCUT2D eigenvalue weighted by atomic mass is 10.1. The molecule has 176 valence electrons. The molecule has 2 aromatic carbocycles. The van der Waals surface area contributed by atoms with Crippen molar-refractivity contribution in [2.75, 3.05) is 27.2 Å². The average molecular weight is 562 g/mol. The van der Waals surface area contributed by atoms with Crippen molar-refractivity contribution in [1.29, 1.82) is 0 Å². The molecule has 0 aliphatic heterocycles. The third kappa shape index (κ3) is 7.21. The molecular formula is C24H31IN6O2. The fraction of sp³-hybridized carbons (Fsp3) is 0.292. The van der Waals surface area contributed by atoms with Crippen LogP contribution in [0.1, 0.15) is 27.3 Å². The van der Waals surface area contributed by atoms with E-state index in [9.17, 15) is 4.79 Å². The van der Waals surface area contributed by atoms with Crippen molar-refractivity contribution in [2.45, 2.75) is 20.4 Å². The van der Waals surface area contributed by atoms with Crippen LogP contribution in [0.15, 0.2) is 59.6 Å². The number of carbonyl (C=O) groups is 1. The highest BCUT2D eigenvalue weighted by Crippen LogP contribution is 2.17. The smallest absolute Gasteiger partial charge is 0.251 e. The van der Waals surface area contributed by atoms with E-state index >= 15 is 0 Å². The van der Waals surface area contributed by atoms with Crippen LogP contribution in [-0.2, 0) is 6.54 Å². The quantitative estimate of drug-likeness (QED) is 0.170. The molecule has 3 rings (SSSR count). The second-order valence-corrected chi connectivity index (χ2v) is 7.31. The lowest BCUT2D eigenvalue weighted by Crippen LogP contribution is -2.41. The van der Waals surface area contributed by atoms with Gasteiger partial charge in [-0.15, -0.1) is 24.0 Å². The zero-order chi connectivity index (χ0) is 22.9. The molecule has 8 nitrogen and oxygen atoms in total. The topological polar surface area (TPSA) is 92.6 Å². The van der Waals surface area contributed by atoms with Crippen molar-refractivity contribution < 1.29 is 9.53 Å². The molecule has 1 amide bonds. The van der Waals surface area contributed by atoms with E-state index < -0.39 is 0 Å². The van der Waals surface area contributed by atoms with Crippen molar-refractivity contribution in [1.82, 2.24) is 25.7 Å². The van der Waals surface area contributed by atoms with Crippen LogP contribution in [0.2, 0.25) is 0 Å². The van der Waals surface area contributed by atoms with Gasteiger partial charge in [-0.25, -0.2) is 4.68 Å². The van der Waals surface area contributed by atoms with Gasteiger partial charge in [0.05, 0.1) is 18.5 Å². The van der Waals surface area contributed by atoms with E-state index in [2.05, 4.69) is 44.2 Å². The first-order chi connectivity index (χ1) is 15.5. The number of nitrogens with one attached hydrogen (secondary N) is 3. The van der Waals surface area contributed by atoms with Gasteiger partial charge in [-0.3, -0.25) is 9.79 Å². The molecule has 33 heavy (non-hydrogen) atoms. The first-order valence-electron chi connectivity index (χ1n) is 10.5. The third-order valence-corrected chi connectivity index (χ3v) is 4.93. The molecule has 0 bridgehead atoms. The van der Waals surface area contributed by atoms with Crippen LogP contribution in [0.3, 0.4) is 0 Å². The summed E-state index contributed by atoms with van der Waals surface area (Å²) in [5.74, 6) is 1.16. The minimum Gasteiger partial charge on any atom is -0.497 e. The average Bonchev–Trinajstić information content (AvgIpc) is 3.16. The molecule has 0 saturated heterocycles. The SMILES string of the molecule is CN=C(NCCNC(=O)c1cccc(OC)c1)NCc1ccccc1-n1nc(C)cc1C.I. The van der Waals surface area contributed by atoms with Gasteiger partial charge in [-0.05, 0) is 49.7 Å². The second kappa shape index (κ2) is 12.8. The molecule has 0 atom stereocenters. The Bertz CT molecular complexity index is 1100. The lowest BCUT2D eigenvalue weighted by molar-refractivity contribution is 0.0954. The number of nitrogens with zero attached hydrogens (tertiary/aromatic N) is 3. The summed E-state index contributed by atoms with van der Waals surface area (Å²) in [5, 5.41) is 14.0. The Morgan fingerprint density at radius 3 is 2.48 bits per heavy atom. The molecule has 0 radical (unpaired) electrons. The van der Waals surface area contributed by atoms with E-state index in [0.717, 1.165) is 22.6 Å². The summed E-state index contributed by atoms with van der Waals surface area (Å²) in [6.45, 7) is 5.62. The van der Waals surface area contributed by atoms with Crippen molar-refractivity contribution in [2.24, 2.45) is 4.99 Å². The van der Waals surface area contributed by atoms with Gasteiger partial charge in [0.15, 0.2) is 5.96 Å². The van der Waals surface area contributed by atoms with Crippen LogP contribution in [0.25, 0.3) is 5.69 Å². The number of aliphatic imine (C=N–C) groups is 1. The van der Waals surface area contributed by atoms with Crippen LogP contribution in [0, 0.1) is 13.8 Å². The summed E-state index contributed by atoms with van der Waals surface area (Å²) in [7, 11) is 3.30. The summed E-state index contributed by atoms with van der Waals surface area (Å²) in [6.07, 6.45) is 0. The predicted octanol–water partition coefficient (Wildman–Crippen LogP) is 3.21. The highest BCUT2D eigenvalue weighted by molar-refractivity contribution is 14.0. The summed E-state index contributed by atoms with van der Waals surface area (Å²) in [5.41, 5.74) is 4.77. The molecular weight excluding hydrogens is 531 g/mol. The normalized spacial score (nSPS) is 10.8. The number of aromatic nitrogens is 2. The van der Waals surface area contributed by atoms with E-state index in [-0.39, 0.29) is 29.9 Å². The number of rotatable bonds is 8. The van der Waals surface area contributed by atoms with Gasteiger partial charge in [0.25, 0.3) is 5.91 Å². The number of para-hydroxylation sites is 1. The van der Waals surface area contributed by atoms with Gasteiger partial charge in [0.1, 0.15) is 5.75 Å². The van der Waals surface area contributed by atoms with Crippen molar-refractivity contribution in [3.8, 4) is 11.4 Å². The van der Waals surface area contributed by atoms with Crippen LogP contribution in [0.5, 0.6) is 5.75 Å². The number of ether oxygens (including phenoxy) is 1. The number of benzene rings is 2. The number of hydrogen-bond donors (Lipinski definition) is 3. The highest BCUT2D eigenvalue weighted by atomic mass is 127. The summed E-state index contributed by atoms with van der Waals surface area (Å²) in [6, 6.07) is 17.3. The maximum Gasteiger partial charge on any atom is 0.251 e. The van der Waals surface area contributed by atoms with E-state index in [1.807, 2.05) is 30.7 Å². The van der Waals surface area contributed by atoms with Gasteiger partial charge < -0.3 is 20.7 Å². The van der Waals surface area contributed by atoms with E-state index in [4.69, 9.17) is 4.74 Å². The maximum absolute atomic E-state index is 12.3. The van der Waals surface area contributed by atoms with Gasteiger partial charge in [0, 0.05) is 37.9 Å². The number of amides is 1. The Morgan fingerprint density at radius 1 is 1.03 bits per heavy atom.